The van der Waals surface area contributed by atoms with E-state index in [1.807, 2.05) is 0 Å². The van der Waals surface area contributed by atoms with Crippen LogP contribution in [-0.2, 0) is 0 Å². The molecule has 3 nitrogen and oxygen atoms in total. The van der Waals surface area contributed by atoms with Gasteiger partial charge in [0.25, 0.3) is 5.91 Å². The molecule has 0 aromatic heterocycles. The van der Waals surface area contributed by atoms with Gasteiger partial charge < -0.3 is 11.1 Å². The maximum atomic E-state index is 13.4. The molecule has 1 amide bonds. The molecule has 0 heterocycles. The third-order valence-electron chi connectivity index (χ3n) is 3.84. The molecule has 0 aliphatic heterocycles. The summed E-state index contributed by atoms with van der Waals surface area (Å²) in [6.07, 6.45) is 4.60. The Labute approximate surface area is 123 Å². The SMILES string of the molecule is Cc1cc(F)cc(C(=O)NC2(C(N)=S)CCCCC2)c1. The summed E-state index contributed by atoms with van der Waals surface area (Å²) >= 11 is 5.14. The van der Waals surface area contributed by atoms with Crippen LogP contribution in [0.1, 0.15) is 48.0 Å². The lowest BCUT2D eigenvalue weighted by Gasteiger charge is -2.37. The zero-order chi connectivity index (χ0) is 14.8. The van der Waals surface area contributed by atoms with E-state index in [0.29, 0.717) is 16.1 Å². The lowest BCUT2D eigenvalue weighted by atomic mass is 9.81. The number of amides is 1. The number of carbonyl (C=O) groups is 1. The monoisotopic (exact) mass is 294 g/mol. The van der Waals surface area contributed by atoms with E-state index in [9.17, 15) is 9.18 Å². The van der Waals surface area contributed by atoms with Gasteiger partial charge >= 0.3 is 0 Å². The number of hydrogen-bond acceptors (Lipinski definition) is 2. The van der Waals surface area contributed by atoms with Crippen molar-refractivity contribution in [3.63, 3.8) is 0 Å². The molecule has 1 saturated carbocycles. The van der Waals surface area contributed by atoms with E-state index in [0.717, 1.165) is 32.1 Å². The number of halogens is 1. The number of benzene rings is 1. The van der Waals surface area contributed by atoms with Gasteiger partial charge in [-0.2, -0.15) is 0 Å². The van der Waals surface area contributed by atoms with Gasteiger partial charge in [0.05, 0.1) is 10.5 Å². The first-order valence-corrected chi connectivity index (χ1v) is 7.23. The zero-order valence-electron chi connectivity index (χ0n) is 11.5. The van der Waals surface area contributed by atoms with Gasteiger partial charge in [0.15, 0.2) is 0 Å². The highest BCUT2D eigenvalue weighted by Gasteiger charge is 2.36. The third-order valence-corrected chi connectivity index (χ3v) is 4.23. The van der Waals surface area contributed by atoms with Crippen LogP contribution in [0.2, 0.25) is 0 Å². The van der Waals surface area contributed by atoms with E-state index >= 15 is 0 Å². The molecule has 0 spiro atoms. The van der Waals surface area contributed by atoms with Crippen LogP contribution in [0.15, 0.2) is 18.2 Å². The molecule has 5 heteroatoms. The van der Waals surface area contributed by atoms with Gasteiger partial charge in [-0.15, -0.1) is 0 Å². The van der Waals surface area contributed by atoms with Crippen LogP contribution >= 0.6 is 12.2 Å². The molecule has 1 aromatic carbocycles. The first-order chi connectivity index (χ1) is 9.43. The Morgan fingerprint density at radius 2 is 1.95 bits per heavy atom. The molecule has 0 radical (unpaired) electrons. The van der Waals surface area contributed by atoms with Crippen LogP contribution in [0.5, 0.6) is 0 Å². The molecular formula is C15H19FN2OS. The van der Waals surface area contributed by atoms with Gasteiger partial charge in [0, 0.05) is 5.56 Å². The van der Waals surface area contributed by atoms with Gasteiger partial charge in [-0.05, 0) is 43.5 Å². The number of nitrogens with one attached hydrogen (secondary N) is 1. The Morgan fingerprint density at radius 1 is 1.30 bits per heavy atom. The predicted molar refractivity (Wildman–Crippen MR) is 81.2 cm³/mol. The molecule has 20 heavy (non-hydrogen) atoms. The molecule has 108 valence electrons. The molecule has 1 aliphatic rings. The molecule has 1 aliphatic carbocycles. The molecule has 1 fully saturated rings. The molecule has 0 unspecified atom stereocenters. The maximum absolute atomic E-state index is 13.4. The lowest BCUT2D eigenvalue weighted by Crippen LogP contribution is -2.57. The van der Waals surface area contributed by atoms with Gasteiger partial charge in [-0.25, -0.2) is 4.39 Å². The fourth-order valence-corrected chi connectivity index (χ4v) is 3.00. The smallest absolute Gasteiger partial charge is 0.252 e. The molecule has 0 bridgehead atoms. The van der Waals surface area contributed by atoms with Crippen molar-refractivity contribution in [2.75, 3.05) is 0 Å². The highest BCUT2D eigenvalue weighted by molar-refractivity contribution is 7.80. The summed E-state index contributed by atoms with van der Waals surface area (Å²) in [5.74, 6) is -0.731. The summed E-state index contributed by atoms with van der Waals surface area (Å²) in [7, 11) is 0. The molecule has 3 N–H and O–H groups in total. The standard InChI is InChI=1S/C15H19FN2OS/c1-10-7-11(9-12(16)8-10)13(19)18-15(14(17)20)5-3-2-4-6-15/h7-9H,2-6H2,1H3,(H2,17,20)(H,18,19). The van der Waals surface area contributed by atoms with E-state index < -0.39 is 11.4 Å². The van der Waals surface area contributed by atoms with Crippen LogP contribution in [0.4, 0.5) is 4.39 Å². The Hall–Kier alpha value is -1.49. The summed E-state index contributed by atoms with van der Waals surface area (Å²) in [6.45, 7) is 1.75. The van der Waals surface area contributed by atoms with Crippen molar-refractivity contribution >= 4 is 23.1 Å². The van der Waals surface area contributed by atoms with Gasteiger partial charge in [0.1, 0.15) is 5.82 Å². The van der Waals surface area contributed by atoms with Gasteiger partial charge in [-0.3, -0.25) is 4.79 Å². The highest BCUT2D eigenvalue weighted by atomic mass is 32.1. The highest BCUT2D eigenvalue weighted by Crippen LogP contribution is 2.29. The van der Waals surface area contributed by atoms with Crippen molar-refractivity contribution in [2.45, 2.75) is 44.6 Å². The average molecular weight is 294 g/mol. The maximum Gasteiger partial charge on any atom is 0.252 e. The number of nitrogens with two attached hydrogens (primary N) is 1. The molecule has 2 rings (SSSR count). The van der Waals surface area contributed by atoms with Crippen molar-refractivity contribution in [1.29, 1.82) is 0 Å². The van der Waals surface area contributed by atoms with Crippen LogP contribution in [0, 0.1) is 12.7 Å². The van der Waals surface area contributed by atoms with E-state index in [2.05, 4.69) is 5.32 Å². The minimum atomic E-state index is -0.620. The minimum absolute atomic E-state index is 0.309. The van der Waals surface area contributed by atoms with Crippen LogP contribution in [0.25, 0.3) is 0 Å². The largest absolute Gasteiger partial charge is 0.391 e. The van der Waals surface area contributed by atoms with E-state index in [1.165, 1.54) is 12.1 Å². The number of aryl methyl sites for hydroxylation is 1. The average Bonchev–Trinajstić information content (AvgIpc) is 2.38. The van der Waals surface area contributed by atoms with E-state index in [-0.39, 0.29) is 5.91 Å². The van der Waals surface area contributed by atoms with Crippen molar-refractivity contribution in [2.24, 2.45) is 5.73 Å². The van der Waals surface area contributed by atoms with Crippen LogP contribution in [0.3, 0.4) is 0 Å². The second kappa shape index (κ2) is 5.87. The fraction of sp³-hybridized carbons (Fsp3) is 0.467. The normalized spacial score (nSPS) is 17.5. The second-order valence-electron chi connectivity index (χ2n) is 5.48. The Balaban J connectivity index is 2.22. The number of carbonyl (C=O) groups excluding carboxylic acids is 1. The summed E-state index contributed by atoms with van der Waals surface area (Å²) in [4.78, 5) is 12.7. The Bertz CT molecular complexity index is 518. The third kappa shape index (κ3) is 3.15. The van der Waals surface area contributed by atoms with E-state index in [4.69, 9.17) is 18.0 Å². The molecular weight excluding hydrogens is 275 g/mol. The predicted octanol–water partition coefficient (Wildman–Crippen LogP) is 2.85. The first-order valence-electron chi connectivity index (χ1n) is 6.83. The first kappa shape index (κ1) is 14.9. The molecule has 1 aromatic rings. The molecule has 0 atom stereocenters. The van der Waals surface area contributed by atoms with Gasteiger partial charge in [0.2, 0.25) is 0 Å². The Morgan fingerprint density at radius 3 is 2.50 bits per heavy atom. The van der Waals surface area contributed by atoms with Crippen molar-refractivity contribution in [3.05, 3.63) is 35.1 Å². The lowest BCUT2D eigenvalue weighted by molar-refractivity contribution is 0.0908. The second-order valence-corrected chi connectivity index (χ2v) is 5.92. The summed E-state index contributed by atoms with van der Waals surface area (Å²) in [5, 5.41) is 2.93. The van der Waals surface area contributed by atoms with Crippen LogP contribution < -0.4 is 11.1 Å². The summed E-state index contributed by atoms with van der Waals surface area (Å²) in [6, 6.07) is 4.29. The van der Waals surface area contributed by atoms with Crippen LogP contribution in [-0.4, -0.2) is 16.4 Å². The Kier molecular flexibility index (Phi) is 4.38. The van der Waals surface area contributed by atoms with Crippen molar-refractivity contribution < 1.29 is 9.18 Å². The number of rotatable bonds is 3. The number of hydrogen-bond donors (Lipinski definition) is 2. The zero-order valence-corrected chi connectivity index (χ0v) is 12.4. The molecule has 0 saturated heterocycles. The number of thiocarbonyl (C=S) groups is 1. The fourth-order valence-electron chi connectivity index (χ4n) is 2.75. The summed E-state index contributed by atoms with van der Waals surface area (Å²) in [5.41, 5.74) is 6.23. The quantitative estimate of drug-likeness (QED) is 0.843. The topological polar surface area (TPSA) is 55.1 Å². The van der Waals surface area contributed by atoms with Crippen molar-refractivity contribution in [3.8, 4) is 0 Å². The van der Waals surface area contributed by atoms with Crippen molar-refractivity contribution in [1.82, 2.24) is 5.32 Å². The van der Waals surface area contributed by atoms with Gasteiger partial charge in [-0.1, -0.05) is 31.5 Å². The summed E-state index contributed by atoms with van der Waals surface area (Å²) < 4.78 is 13.4. The minimum Gasteiger partial charge on any atom is -0.391 e. The van der Waals surface area contributed by atoms with E-state index in [1.54, 1.807) is 13.0 Å².